The van der Waals surface area contributed by atoms with E-state index in [0.29, 0.717) is 29.8 Å². The van der Waals surface area contributed by atoms with Crippen molar-refractivity contribution in [1.82, 2.24) is 4.90 Å². The van der Waals surface area contributed by atoms with Gasteiger partial charge in [0.1, 0.15) is 0 Å². The van der Waals surface area contributed by atoms with Crippen molar-refractivity contribution in [1.29, 1.82) is 5.26 Å². The summed E-state index contributed by atoms with van der Waals surface area (Å²) in [6.45, 7) is 4.37. The number of amides is 2. The molecule has 0 aliphatic heterocycles. The second-order valence-corrected chi connectivity index (χ2v) is 6.32. The van der Waals surface area contributed by atoms with Gasteiger partial charge in [0.05, 0.1) is 11.6 Å². The first-order chi connectivity index (χ1) is 13.0. The van der Waals surface area contributed by atoms with Gasteiger partial charge in [0, 0.05) is 30.8 Å². The fourth-order valence-electron chi connectivity index (χ4n) is 2.73. The zero-order valence-corrected chi connectivity index (χ0v) is 15.4. The van der Waals surface area contributed by atoms with Crippen LogP contribution in [0.5, 0.6) is 0 Å². The number of hydrogen-bond acceptors (Lipinski definition) is 4. The second-order valence-electron chi connectivity index (χ2n) is 6.32. The van der Waals surface area contributed by atoms with Crippen molar-refractivity contribution in [3.05, 3.63) is 65.2 Å². The highest BCUT2D eigenvalue weighted by molar-refractivity contribution is 5.94. The Balaban J connectivity index is 1.87. The fraction of sp³-hybridized carbons (Fsp3) is 0.286. The van der Waals surface area contributed by atoms with Gasteiger partial charge in [-0.05, 0) is 54.9 Å². The Bertz CT molecular complexity index is 808. The van der Waals surface area contributed by atoms with Crippen LogP contribution in [0.15, 0.2) is 48.5 Å². The summed E-state index contributed by atoms with van der Waals surface area (Å²) in [5.41, 5.74) is 8.01. The number of hydrogen-bond donors (Lipinski definition) is 2. The molecule has 2 amide bonds. The molecule has 3 N–H and O–H groups in total. The molecule has 0 aliphatic carbocycles. The lowest BCUT2D eigenvalue weighted by atomic mass is 10.1. The van der Waals surface area contributed by atoms with E-state index >= 15 is 0 Å². The van der Waals surface area contributed by atoms with E-state index in [1.807, 2.05) is 24.3 Å². The maximum atomic E-state index is 12.2. The molecule has 6 heteroatoms. The first-order valence-electron chi connectivity index (χ1n) is 8.93. The smallest absolute Gasteiger partial charge is 0.248 e. The second kappa shape index (κ2) is 10.1. The van der Waals surface area contributed by atoms with Crippen molar-refractivity contribution in [3.8, 4) is 6.07 Å². The third-order valence-corrected chi connectivity index (χ3v) is 4.14. The molecule has 0 aromatic heterocycles. The predicted octanol–water partition coefficient (Wildman–Crippen LogP) is 2.90. The zero-order valence-electron chi connectivity index (χ0n) is 15.4. The van der Waals surface area contributed by atoms with Gasteiger partial charge in [-0.1, -0.05) is 19.1 Å². The van der Waals surface area contributed by atoms with Crippen LogP contribution in [-0.4, -0.2) is 29.8 Å². The van der Waals surface area contributed by atoms with Crippen molar-refractivity contribution >= 4 is 17.5 Å². The number of rotatable bonds is 9. The normalized spacial score (nSPS) is 10.4. The predicted molar refractivity (Wildman–Crippen MR) is 105 cm³/mol. The summed E-state index contributed by atoms with van der Waals surface area (Å²) in [5.74, 6) is -0.575. The molecule has 140 valence electrons. The van der Waals surface area contributed by atoms with Crippen LogP contribution in [0.4, 0.5) is 5.69 Å². The molecule has 0 spiro atoms. The van der Waals surface area contributed by atoms with E-state index in [-0.39, 0.29) is 5.91 Å². The largest absolute Gasteiger partial charge is 0.366 e. The standard InChI is InChI=1S/C21H24N4O2/c1-2-12-25(15-17-5-3-16(14-22)4-6-17)13-11-20(26)24-19-9-7-18(8-10-19)21(23)27/h3-10H,2,11-13,15H2,1H3,(H2,23,27)(H,24,26). The van der Waals surface area contributed by atoms with Gasteiger partial charge in [0.15, 0.2) is 0 Å². The summed E-state index contributed by atoms with van der Waals surface area (Å²) in [7, 11) is 0. The Morgan fingerprint density at radius 2 is 1.74 bits per heavy atom. The van der Waals surface area contributed by atoms with Crippen LogP contribution < -0.4 is 11.1 Å². The molecule has 0 radical (unpaired) electrons. The van der Waals surface area contributed by atoms with Gasteiger partial charge in [-0.25, -0.2) is 0 Å². The topological polar surface area (TPSA) is 99.2 Å². The highest BCUT2D eigenvalue weighted by Crippen LogP contribution is 2.11. The number of nitrogens with zero attached hydrogens (tertiary/aromatic N) is 2. The van der Waals surface area contributed by atoms with Crippen LogP contribution in [0, 0.1) is 11.3 Å². The van der Waals surface area contributed by atoms with Gasteiger partial charge in [-0.3, -0.25) is 14.5 Å². The molecule has 0 aliphatic rings. The summed E-state index contributed by atoms with van der Waals surface area (Å²) in [6, 6.07) is 16.1. The molecule has 0 unspecified atom stereocenters. The molecule has 0 fully saturated rings. The molecule has 0 saturated carbocycles. The maximum absolute atomic E-state index is 12.2. The maximum Gasteiger partial charge on any atom is 0.248 e. The molecular weight excluding hydrogens is 340 g/mol. The number of nitrogens with two attached hydrogens (primary N) is 1. The van der Waals surface area contributed by atoms with Crippen LogP contribution in [0.3, 0.4) is 0 Å². The van der Waals surface area contributed by atoms with E-state index in [2.05, 4.69) is 23.2 Å². The minimum absolute atomic E-state index is 0.0808. The van der Waals surface area contributed by atoms with Gasteiger partial charge >= 0.3 is 0 Å². The lowest BCUT2D eigenvalue weighted by Crippen LogP contribution is -2.28. The molecule has 2 rings (SSSR count). The van der Waals surface area contributed by atoms with Gasteiger partial charge in [-0.2, -0.15) is 5.26 Å². The third kappa shape index (κ3) is 6.57. The molecule has 0 saturated heterocycles. The van der Waals surface area contributed by atoms with Crippen molar-refractivity contribution < 1.29 is 9.59 Å². The first kappa shape index (κ1) is 20.1. The van der Waals surface area contributed by atoms with Crippen LogP contribution >= 0.6 is 0 Å². The number of anilines is 1. The summed E-state index contributed by atoms with van der Waals surface area (Å²) in [5, 5.41) is 11.7. The summed E-state index contributed by atoms with van der Waals surface area (Å²) < 4.78 is 0. The summed E-state index contributed by atoms with van der Waals surface area (Å²) in [4.78, 5) is 25.5. The SMILES string of the molecule is CCCN(CCC(=O)Nc1ccc(C(N)=O)cc1)Cc1ccc(C#N)cc1. The Morgan fingerprint density at radius 1 is 1.07 bits per heavy atom. The van der Waals surface area contributed by atoms with E-state index < -0.39 is 5.91 Å². The molecule has 2 aromatic carbocycles. The minimum Gasteiger partial charge on any atom is -0.366 e. The number of carbonyl (C=O) groups is 2. The summed E-state index contributed by atoms with van der Waals surface area (Å²) in [6.07, 6.45) is 1.36. The van der Waals surface area contributed by atoms with Crippen LogP contribution in [-0.2, 0) is 11.3 Å². The van der Waals surface area contributed by atoms with Crippen LogP contribution in [0.1, 0.15) is 41.3 Å². The van der Waals surface area contributed by atoms with Crippen molar-refractivity contribution in [2.24, 2.45) is 5.73 Å². The third-order valence-electron chi connectivity index (χ3n) is 4.14. The first-order valence-corrected chi connectivity index (χ1v) is 8.93. The number of primary amides is 1. The van der Waals surface area contributed by atoms with E-state index in [1.165, 1.54) is 0 Å². The molecular formula is C21H24N4O2. The quantitative estimate of drug-likeness (QED) is 0.714. The average molecular weight is 364 g/mol. The van der Waals surface area contributed by atoms with Crippen molar-refractivity contribution in [2.75, 3.05) is 18.4 Å². The van der Waals surface area contributed by atoms with E-state index in [1.54, 1.807) is 24.3 Å². The minimum atomic E-state index is -0.495. The zero-order chi connectivity index (χ0) is 19.6. The van der Waals surface area contributed by atoms with Gasteiger partial charge < -0.3 is 11.1 Å². The number of nitrogens with one attached hydrogen (secondary N) is 1. The Kier molecular flexibility index (Phi) is 7.53. The highest BCUT2D eigenvalue weighted by Gasteiger charge is 2.09. The Morgan fingerprint density at radius 3 is 2.30 bits per heavy atom. The number of carbonyl (C=O) groups excluding carboxylic acids is 2. The molecule has 0 bridgehead atoms. The monoisotopic (exact) mass is 364 g/mol. The lowest BCUT2D eigenvalue weighted by molar-refractivity contribution is -0.116. The van der Waals surface area contributed by atoms with Crippen LogP contribution in [0.2, 0.25) is 0 Å². The van der Waals surface area contributed by atoms with Gasteiger partial charge in [-0.15, -0.1) is 0 Å². The van der Waals surface area contributed by atoms with E-state index in [4.69, 9.17) is 11.0 Å². The van der Waals surface area contributed by atoms with E-state index in [9.17, 15) is 9.59 Å². The average Bonchev–Trinajstić information content (AvgIpc) is 2.67. The molecule has 6 nitrogen and oxygen atoms in total. The summed E-state index contributed by atoms with van der Waals surface area (Å²) >= 11 is 0. The molecule has 2 aromatic rings. The molecule has 27 heavy (non-hydrogen) atoms. The van der Waals surface area contributed by atoms with Crippen molar-refractivity contribution in [2.45, 2.75) is 26.3 Å². The van der Waals surface area contributed by atoms with E-state index in [0.717, 1.165) is 25.1 Å². The molecule has 0 atom stereocenters. The van der Waals surface area contributed by atoms with Gasteiger partial charge in [0.25, 0.3) is 0 Å². The lowest BCUT2D eigenvalue weighted by Gasteiger charge is -2.21. The highest BCUT2D eigenvalue weighted by atomic mass is 16.2. The Hall–Kier alpha value is -3.17. The van der Waals surface area contributed by atoms with Crippen LogP contribution in [0.25, 0.3) is 0 Å². The number of nitriles is 1. The Labute approximate surface area is 159 Å². The number of benzene rings is 2. The van der Waals surface area contributed by atoms with Crippen molar-refractivity contribution in [3.63, 3.8) is 0 Å². The van der Waals surface area contributed by atoms with Gasteiger partial charge in [0.2, 0.25) is 11.8 Å². The fourth-order valence-corrected chi connectivity index (χ4v) is 2.73. The molecule has 0 heterocycles.